The van der Waals surface area contributed by atoms with Crippen LogP contribution in [0.3, 0.4) is 0 Å². The van der Waals surface area contributed by atoms with Crippen molar-refractivity contribution in [2.24, 2.45) is 13.0 Å². The molecule has 0 radical (unpaired) electrons. The Balaban J connectivity index is 1.51. The predicted octanol–water partition coefficient (Wildman–Crippen LogP) is 0.799. The van der Waals surface area contributed by atoms with Crippen LogP contribution in [-0.2, 0) is 24.8 Å². The van der Waals surface area contributed by atoms with Gasteiger partial charge in [-0.15, -0.1) is 0 Å². The van der Waals surface area contributed by atoms with Gasteiger partial charge in [-0.3, -0.25) is 14.3 Å². The molecule has 0 aromatic carbocycles. The van der Waals surface area contributed by atoms with Gasteiger partial charge in [0.05, 0.1) is 17.6 Å². The quantitative estimate of drug-likeness (QED) is 0.811. The molecule has 1 aliphatic heterocycles. The van der Waals surface area contributed by atoms with Crippen LogP contribution in [0.1, 0.15) is 30.3 Å². The second kappa shape index (κ2) is 7.94. The standard InChI is InChI=1S/C19H28N6O2/c1-5-17-13(2)22-25(14(17)3)12-18(26)20-9-15-6-7-24(11-15)16-8-19(27)23(4)21-10-16/h8,10,15H,5-7,9,11-12H2,1-4H3,(H,20,26)/t15-/m0/s1. The summed E-state index contributed by atoms with van der Waals surface area (Å²) >= 11 is 0. The Bertz CT molecular complexity index is 885. The number of rotatable bonds is 6. The molecule has 3 rings (SSSR count). The average molecular weight is 372 g/mol. The zero-order valence-electron chi connectivity index (χ0n) is 16.5. The Morgan fingerprint density at radius 2 is 2.15 bits per heavy atom. The van der Waals surface area contributed by atoms with Gasteiger partial charge in [-0.2, -0.15) is 10.2 Å². The van der Waals surface area contributed by atoms with E-state index in [1.54, 1.807) is 24.0 Å². The predicted molar refractivity (Wildman–Crippen MR) is 104 cm³/mol. The van der Waals surface area contributed by atoms with Gasteiger partial charge in [-0.25, -0.2) is 4.68 Å². The van der Waals surface area contributed by atoms with E-state index in [2.05, 4.69) is 27.3 Å². The van der Waals surface area contributed by atoms with Crippen molar-refractivity contribution in [3.05, 3.63) is 39.6 Å². The minimum Gasteiger partial charge on any atom is -0.370 e. The van der Waals surface area contributed by atoms with Crippen LogP contribution in [0.2, 0.25) is 0 Å². The lowest BCUT2D eigenvalue weighted by Crippen LogP contribution is -2.34. The van der Waals surface area contributed by atoms with E-state index in [1.165, 1.54) is 10.2 Å². The summed E-state index contributed by atoms with van der Waals surface area (Å²) in [7, 11) is 1.64. The smallest absolute Gasteiger partial charge is 0.268 e. The molecule has 8 heteroatoms. The molecule has 0 bridgehead atoms. The first-order valence-corrected chi connectivity index (χ1v) is 9.47. The van der Waals surface area contributed by atoms with Gasteiger partial charge in [-0.05, 0) is 38.2 Å². The molecule has 0 spiro atoms. The van der Waals surface area contributed by atoms with Gasteiger partial charge in [0.25, 0.3) is 5.56 Å². The molecule has 0 unspecified atom stereocenters. The molecule has 1 saturated heterocycles. The van der Waals surface area contributed by atoms with Crippen LogP contribution in [0.15, 0.2) is 17.1 Å². The van der Waals surface area contributed by atoms with Gasteiger partial charge >= 0.3 is 0 Å². The Labute approximate surface area is 159 Å². The fourth-order valence-corrected chi connectivity index (χ4v) is 3.72. The summed E-state index contributed by atoms with van der Waals surface area (Å²) in [6, 6.07) is 1.61. The molecule has 3 heterocycles. The molecule has 1 N–H and O–H groups in total. The molecule has 0 aliphatic carbocycles. The average Bonchev–Trinajstić information content (AvgIpc) is 3.20. The summed E-state index contributed by atoms with van der Waals surface area (Å²) in [6.45, 7) is 8.67. The van der Waals surface area contributed by atoms with E-state index in [0.29, 0.717) is 12.5 Å². The highest BCUT2D eigenvalue weighted by atomic mass is 16.2. The van der Waals surface area contributed by atoms with Gasteiger partial charge in [0, 0.05) is 38.4 Å². The molecule has 146 valence electrons. The summed E-state index contributed by atoms with van der Waals surface area (Å²) in [6.07, 6.45) is 3.63. The highest BCUT2D eigenvalue weighted by Crippen LogP contribution is 2.21. The number of nitrogens with zero attached hydrogens (tertiary/aromatic N) is 5. The number of hydrogen-bond donors (Lipinski definition) is 1. The molecule has 1 amide bonds. The van der Waals surface area contributed by atoms with Crippen molar-refractivity contribution in [3.63, 3.8) is 0 Å². The molecule has 8 nitrogen and oxygen atoms in total. The van der Waals surface area contributed by atoms with E-state index < -0.39 is 0 Å². The maximum Gasteiger partial charge on any atom is 0.268 e. The van der Waals surface area contributed by atoms with E-state index in [-0.39, 0.29) is 18.0 Å². The van der Waals surface area contributed by atoms with E-state index in [4.69, 9.17) is 0 Å². The Morgan fingerprint density at radius 1 is 1.37 bits per heavy atom. The second-order valence-electron chi connectivity index (χ2n) is 7.24. The largest absolute Gasteiger partial charge is 0.370 e. The highest BCUT2D eigenvalue weighted by Gasteiger charge is 2.24. The molecule has 1 atom stereocenters. The molecule has 2 aromatic rings. The lowest BCUT2D eigenvalue weighted by atomic mass is 10.1. The zero-order chi connectivity index (χ0) is 19.6. The lowest BCUT2D eigenvalue weighted by Gasteiger charge is -2.18. The van der Waals surface area contributed by atoms with Crippen LogP contribution in [0.25, 0.3) is 0 Å². The molecule has 1 fully saturated rings. The van der Waals surface area contributed by atoms with E-state index in [1.807, 2.05) is 13.8 Å². The summed E-state index contributed by atoms with van der Waals surface area (Å²) < 4.78 is 3.11. The van der Waals surface area contributed by atoms with Crippen molar-refractivity contribution in [1.82, 2.24) is 24.9 Å². The van der Waals surface area contributed by atoms with Crippen LogP contribution in [0.4, 0.5) is 5.69 Å². The summed E-state index contributed by atoms with van der Waals surface area (Å²) in [5.41, 5.74) is 4.02. The number of aromatic nitrogens is 4. The van der Waals surface area contributed by atoms with E-state index in [0.717, 1.165) is 43.0 Å². The summed E-state index contributed by atoms with van der Waals surface area (Å²) in [5, 5.41) is 11.6. The molecule has 2 aromatic heterocycles. The first-order valence-electron chi connectivity index (χ1n) is 9.47. The maximum atomic E-state index is 12.3. The van der Waals surface area contributed by atoms with Crippen LogP contribution in [0.5, 0.6) is 0 Å². The lowest BCUT2D eigenvalue weighted by molar-refractivity contribution is -0.122. The minimum atomic E-state index is -0.111. The monoisotopic (exact) mass is 372 g/mol. The normalized spacial score (nSPS) is 16.7. The SMILES string of the molecule is CCc1c(C)nn(CC(=O)NC[C@@H]2CCN(c3cnn(C)c(=O)c3)C2)c1C. The van der Waals surface area contributed by atoms with Crippen LogP contribution >= 0.6 is 0 Å². The Kier molecular flexibility index (Phi) is 5.62. The molecular weight excluding hydrogens is 344 g/mol. The van der Waals surface area contributed by atoms with Crippen molar-refractivity contribution in [2.45, 2.75) is 40.2 Å². The zero-order valence-corrected chi connectivity index (χ0v) is 16.5. The van der Waals surface area contributed by atoms with Crippen molar-refractivity contribution >= 4 is 11.6 Å². The number of nitrogens with one attached hydrogen (secondary N) is 1. The van der Waals surface area contributed by atoms with Crippen molar-refractivity contribution in [1.29, 1.82) is 0 Å². The van der Waals surface area contributed by atoms with Crippen LogP contribution in [0, 0.1) is 19.8 Å². The van der Waals surface area contributed by atoms with Crippen LogP contribution in [-0.4, -0.2) is 45.1 Å². The van der Waals surface area contributed by atoms with Gasteiger partial charge in [0.15, 0.2) is 0 Å². The topological polar surface area (TPSA) is 85.1 Å². The third-order valence-corrected chi connectivity index (χ3v) is 5.37. The molecule has 0 saturated carbocycles. The van der Waals surface area contributed by atoms with Crippen molar-refractivity contribution in [2.75, 3.05) is 24.5 Å². The van der Waals surface area contributed by atoms with Gasteiger partial charge in [0.1, 0.15) is 6.54 Å². The third kappa shape index (κ3) is 4.20. The van der Waals surface area contributed by atoms with Crippen molar-refractivity contribution < 1.29 is 4.79 Å². The number of aryl methyl sites for hydroxylation is 2. The number of amides is 1. The number of anilines is 1. The Morgan fingerprint density at radius 3 is 2.81 bits per heavy atom. The first-order chi connectivity index (χ1) is 12.9. The maximum absolute atomic E-state index is 12.3. The summed E-state index contributed by atoms with van der Waals surface area (Å²) in [4.78, 5) is 26.2. The third-order valence-electron chi connectivity index (χ3n) is 5.37. The highest BCUT2D eigenvalue weighted by molar-refractivity contribution is 5.75. The van der Waals surface area contributed by atoms with Gasteiger partial charge in [0.2, 0.25) is 5.91 Å². The van der Waals surface area contributed by atoms with Crippen LogP contribution < -0.4 is 15.8 Å². The van der Waals surface area contributed by atoms with E-state index in [9.17, 15) is 9.59 Å². The fraction of sp³-hybridized carbons (Fsp3) is 0.579. The van der Waals surface area contributed by atoms with E-state index >= 15 is 0 Å². The Hall–Kier alpha value is -2.64. The number of carbonyl (C=O) groups excluding carboxylic acids is 1. The van der Waals surface area contributed by atoms with Crippen molar-refractivity contribution in [3.8, 4) is 0 Å². The first kappa shape index (κ1) is 19.1. The fourth-order valence-electron chi connectivity index (χ4n) is 3.72. The van der Waals surface area contributed by atoms with Gasteiger partial charge < -0.3 is 10.2 Å². The molecular formula is C19H28N6O2. The molecule has 27 heavy (non-hydrogen) atoms. The second-order valence-corrected chi connectivity index (χ2v) is 7.24. The number of hydrogen-bond acceptors (Lipinski definition) is 5. The molecule has 1 aliphatic rings. The minimum absolute atomic E-state index is 0.0167. The summed E-state index contributed by atoms with van der Waals surface area (Å²) in [5.74, 6) is 0.349. The van der Waals surface area contributed by atoms with Gasteiger partial charge in [-0.1, -0.05) is 6.92 Å². The number of carbonyl (C=O) groups is 1.